The van der Waals surface area contributed by atoms with Crippen LogP contribution in [0.5, 0.6) is 0 Å². The van der Waals surface area contributed by atoms with E-state index in [0.717, 1.165) is 17.9 Å². The van der Waals surface area contributed by atoms with Gasteiger partial charge in [0.25, 0.3) is 0 Å². The molecular formula is C13H19N. The molecule has 0 amide bonds. The zero-order valence-corrected chi connectivity index (χ0v) is 8.82. The maximum absolute atomic E-state index is 3.82. The highest BCUT2D eigenvalue weighted by molar-refractivity contribution is 5.29. The van der Waals surface area contributed by atoms with Gasteiger partial charge in [0.2, 0.25) is 0 Å². The Morgan fingerprint density at radius 1 is 0.857 bits per heavy atom. The molecule has 1 N–H and O–H groups in total. The second-order valence-electron chi connectivity index (χ2n) is 6.52. The lowest BCUT2D eigenvalue weighted by molar-refractivity contribution is 0.132. The van der Waals surface area contributed by atoms with E-state index in [9.17, 15) is 0 Å². The zero-order valence-electron chi connectivity index (χ0n) is 8.82. The summed E-state index contributed by atoms with van der Waals surface area (Å²) in [4.78, 5) is 0. The third kappa shape index (κ3) is 0.476. The van der Waals surface area contributed by atoms with Crippen LogP contribution >= 0.6 is 0 Å². The summed E-state index contributed by atoms with van der Waals surface area (Å²) in [5.74, 6) is 9.45. The quantitative estimate of drug-likeness (QED) is 0.697. The molecule has 0 aromatic heterocycles. The number of rotatable bonds is 2. The lowest BCUT2D eigenvalue weighted by Gasteiger charge is -2.33. The Bertz CT molecular complexity index is 284. The first kappa shape index (κ1) is 7.27. The van der Waals surface area contributed by atoms with Crippen molar-refractivity contribution in [3.8, 4) is 0 Å². The van der Waals surface area contributed by atoms with Crippen molar-refractivity contribution < 1.29 is 0 Å². The van der Waals surface area contributed by atoms with Crippen LogP contribution in [-0.4, -0.2) is 12.6 Å². The Balaban J connectivity index is 1.67. The predicted molar refractivity (Wildman–Crippen MR) is 54.6 cm³/mol. The molecule has 1 nitrogen and oxygen atoms in total. The number of hydrogen-bond donors (Lipinski definition) is 1. The summed E-state index contributed by atoms with van der Waals surface area (Å²) in [6, 6.07) is 0.961. The Morgan fingerprint density at radius 3 is 1.93 bits per heavy atom. The molecule has 9 atom stereocenters. The van der Waals surface area contributed by atoms with Gasteiger partial charge in [-0.15, -0.1) is 0 Å². The van der Waals surface area contributed by atoms with E-state index in [-0.39, 0.29) is 0 Å². The highest BCUT2D eigenvalue weighted by atomic mass is 15.0. The van der Waals surface area contributed by atoms with Gasteiger partial charge in [0.15, 0.2) is 0 Å². The van der Waals surface area contributed by atoms with Crippen molar-refractivity contribution in [2.75, 3.05) is 6.54 Å². The predicted octanol–water partition coefficient (Wildman–Crippen LogP) is 1.74. The van der Waals surface area contributed by atoms with E-state index in [2.05, 4.69) is 12.2 Å². The van der Waals surface area contributed by atoms with E-state index in [4.69, 9.17) is 0 Å². The van der Waals surface area contributed by atoms with E-state index >= 15 is 0 Å². The van der Waals surface area contributed by atoms with E-state index in [1.54, 1.807) is 12.8 Å². The Morgan fingerprint density at radius 2 is 1.43 bits per heavy atom. The average Bonchev–Trinajstić information content (AvgIpc) is 2.79. The van der Waals surface area contributed by atoms with Crippen LogP contribution in [0.1, 0.15) is 19.8 Å². The molecule has 6 aliphatic carbocycles. The minimum atomic E-state index is 0.961. The molecule has 6 bridgehead atoms. The summed E-state index contributed by atoms with van der Waals surface area (Å²) >= 11 is 0. The average molecular weight is 189 g/mol. The highest BCUT2D eigenvalue weighted by Crippen LogP contribution is 2.82. The van der Waals surface area contributed by atoms with Crippen molar-refractivity contribution in [3.63, 3.8) is 0 Å². The van der Waals surface area contributed by atoms with Gasteiger partial charge in [-0.3, -0.25) is 0 Å². The third-order valence-electron chi connectivity index (χ3n) is 6.76. The fourth-order valence-electron chi connectivity index (χ4n) is 7.13. The van der Waals surface area contributed by atoms with Crippen molar-refractivity contribution in [1.82, 2.24) is 5.32 Å². The molecule has 0 saturated heterocycles. The second kappa shape index (κ2) is 1.93. The van der Waals surface area contributed by atoms with Gasteiger partial charge in [-0.05, 0) is 66.7 Å². The molecule has 6 aliphatic rings. The first-order valence-corrected chi connectivity index (χ1v) is 6.65. The molecule has 6 fully saturated rings. The van der Waals surface area contributed by atoms with Crippen LogP contribution in [0, 0.1) is 47.3 Å². The molecule has 14 heavy (non-hydrogen) atoms. The first-order chi connectivity index (χ1) is 6.92. The van der Waals surface area contributed by atoms with Crippen molar-refractivity contribution in [2.24, 2.45) is 47.3 Å². The van der Waals surface area contributed by atoms with Gasteiger partial charge in [0.05, 0.1) is 0 Å². The monoisotopic (exact) mass is 189 g/mol. The van der Waals surface area contributed by atoms with E-state index in [1.807, 2.05) is 0 Å². The lowest BCUT2D eigenvalue weighted by Crippen LogP contribution is -2.34. The van der Waals surface area contributed by atoms with Crippen LogP contribution in [0.15, 0.2) is 0 Å². The van der Waals surface area contributed by atoms with E-state index in [1.165, 1.54) is 42.1 Å². The van der Waals surface area contributed by atoms with E-state index in [0.29, 0.717) is 0 Å². The minimum Gasteiger partial charge on any atom is -0.314 e. The lowest BCUT2D eigenvalue weighted by atomic mass is 9.71. The fraction of sp³-hybridized carbons (Fsp3) is 1.00. The van der Waals surface area contributed by atoms with Crippen LogP contribution in [0.2, 0.25) is 0 Å². The summed E-state index contributed by atoms with van der Waals surface area (Å²) in [5.41, 5.74) is 0. The van der Waals surface area contributed by atoms with Crippen molar-refractivity contribution in [1.29, 1.82) is 0 Å². The van der Waals surface area contributed by atoms with Crippen molar-refractivity contribution >= 4 is 0 Å². The summed E-state index contributed by atoms with van der Waals surface area (Å²) in [7, 11) is 0. The first-order valence-electron chi connectivity index (χ1n) is 6.65. The smallest absolute Gasteiger partial charge is 0.0135 e. The minimum absolute atomic E-state index is 0.961. The van der Waals surface area contributed by atoms with Crippen molar-refractivity contribution in [2.45, 2.75) is 25.8 Å². The van der Waals surface area contributed by atoms with Crippen LogP contribution in [0.25, 0.3) is 0 Å². The Hall–Kier alpha value is -0.0400. The Labute approximate surface area is 85.6 Å². The molecule has 0 aliphatic heterocycles. The molecule has 6 rings (SSSR count). The highest BCUT2D eigenvalue weighted by Gasteiger charge is 2.79. The zero-order chi connectivity index (χ0) is 9.02. The molecule has 76 valence electrons. The third-order valence-corrected chi connectivity index (χ3v) is 6.76. The normalized spacial score (nSPS) is 74.8. The van der Waals surface area contributed by atoms with Crippen LogP contribution in [0.4, 0.5) is 0 Å². The molecule has 0 aromatic rings. The van der Waals surface area contributed by atoms with Gasteiger partial charge >= 0.3 is 0 Å². The second-order valence-corrected chi connectivity index (χ2v) is 6.52. The van der Waals surface area contributed by atoms with E-state index < -0.39 is 0 Å². The summed E-state index contributed by atoms with van der Waals surface area (Å²) < 4.78 is 0. The van der Waals surface area contributed by atoms with Crippen LogP contribution in [0.3, 0.4) is 0 Å². The topological polar surface area (TPSA) is 12.0 Å². The van der Waals surface area contributed by atoms with Crippen LogP contribution < -0.4 is 5.32 Å². The van der Waals surface area contributed by atoms with Gasteiger partial charge in [-0.25, -0.2) is 0 Å². The van der Waals surface area contributed by atoms with Gasteiger partial charge < -0.3 is 5.32 Å². The molecule has 0 heterocycles. The fourth-order valence-corrected chi connectivity index (χ4v) is 7.13. The largest absolute Gasteiger partial charge is 0.314 e. The summed E-state index contributed by atoms with van der Waals surface area (Å²) in [6.45, 7) is 3.49. The Kier molecular flexibility index (Phi) is 1.00. The van der Waals surface area contributed by atoms with Gasteiger partial charge in [0, 0.05) is 6.04 Å². The molecular weight excluding hydrogens is 170 g/mol. The maximum atomic E-state index is 3.82. The standard InChI is InChI=1S/C13H19N/c1-2-14-13-11-7-3-5-6-4-8(9(5)11)12(13)10(6)7/h5-14H,2-4H2,1H3/t5-,6+,7-,8+,9-,10-,11-,12-,13?/m1/s1. The molecule has 0 radical (unpaired) electrons. The summed E-state index contributed by atoms with van der Waals surface area (Å²) in [5, 5.41) is 3.82. The van der Waals surface area contributed by atoms with Gasteiger partial charge in [0.1, 0.15) is 0 Å². The number of nitrogens with one attached hydrogen (secondary N) is 1. The van der Waals surface area contributed by atoms with Gasteiger partial charge in [-0.1, -0.05) is 6.92 Å². The molecule has 6 saturated carbocycles. The summed E-state index contributed by atoms with van der Waals surface area (Å²) in [6.07, 6.45) is 3.28. The molecule has 1 heteroatoms. The molecule has 0 spiro atoms. The number of hydrogen-bond acceptors (Lipinski definition) is 1. The molecule has 0 aromatic carbocycles. The van der Waals surface area contributed by atoms with Crippen molar-refractivity contribution in [3.05, 3.63) is 0 Å². The molecule has 1 unspecified atom stereocenters. The van der Waals surface area contributed by atoms with Crippen LogP contribution in [-0.2, 0) is 0 Å². The van der Waals surface area contributed by atoms with Gasteiger partial charge in [-0.2, -0.15) is 0 Å². The maximum Gasteiger partial charge on any atom is 0.0135 e. The SMILES string of the molecule is CCNC1[C@@H]2[C@@H]3C[C@@H]4[C@@H]5C[C@H]([C@@H]1[C@H]53)[C@@H]42.